The molecule has 0 aliphatic carbocycles. The van der Waals surface area contributed by atoms with Gasteiger partial charge in [0.15, 0.2) is 17.6 Å². The number of halogens is 2. The average molecular weight is 554 g/mol. The highest BCUT2D eigenvalue weighted by molar-refractivity contribution is 9.12. The van der Waals surface area contributed by atoms with Crippen LogP contribution in [0.2, 0.25) is 0 Å². The quantitative estimate of drug-likeness (QED) is 0.180. The maximum Gasteiger partial charge on any atom is 0.188 e. The van der Waals surface area contributed by atoms with Crippen molar-refractivity contribution in [1.29, 1.82) is 0 Å². The lowest BCUT2D eigenvalue weighted by molar-refractivity contribution is 0.00772. The molecule has 3 nitrogen and oxygen atoms in total. The maximum atomic E-state index is 5.99. The van der Waals surface area contributed by atoms with Crippen molar-refractivity contribution in [1.82, 2.24) is 0 Å². The molecule has 0 saturated carbocycles. The van der Waals surface area contributed by atoms with Gasteiger partial charge < -0.3 is 14.2 Å². The van der Waals surface area contributed by atoms with Gasteiger partial charge in [0.1, 0.15) is 14.2 Å². The molecule has 0 fully saturated rings. The SMILES string of the molecule is CCCCCCCCCCCCCCCCOCC1COc2c(Br)sc(Br)c2O1. The molecule has 0 bridgehead atoms. The van der Waals surface area contributed by atoms with E-state index in [9.17, 15) is 0 Å². The monoisotopic (exact) mass is 552 g/mol. The summed E-state index contributed by atoms with van der Waals surface area (Å²) in [5.41, 5.74) is 0. The highest BCUT2D eigenvalue weighted by Gasteiger charge is 2.27. The molecule has 29 heavy (non-hydrogen) atoms. The van der Waals surface area contributed by atoms with Crippen molar-refractivity contribution < 1.29 is 14.2 Å². The van der Waals surface area contributed by atoms with Crippen LogP contribution in [0.5, 0.6) is 11.5 Å². The van der Waals surface area contributed by atoms with Gasteiger partial charge in [-0.1, -0.05) is 90.4 Å². The first-order chi connectivity index (χ1) is 14.2. The van der Waals surface area contributed by atoms with Crippen molar-refractivity contribution in [3.8, 4) is 11.5 Å². The molecule has 0 amide bonds. The number of hydrogen-bond acceptors (Lipinski definition) is 4. The van der Waals surface area contributed by atoms with Gasteiger partial charge in [-0.05, 0) is 38.3 Å². The lowest BCUT2D eigenvalue weighted by Gasteiger charge is -2.25. The van der Waals surface area contributed by atoms with E-state index < -0.39 is 0 Å². The van der Waals surface area contributed by atoms with Gasteiger partial charge in [0.05, 0.1) is 6.61 Å². The van der Waals surface area contributed by atoms with Crippen molar-refractivity contribution in [3.63, 3.8) is 0 Å². The van der Waals surface area contributed by atoms with Crippen LogP contribution >= 0.6 is 43.2 Å². The summed E-state index contributed by atoms with van der Waals surface area (Å²) >= 11 is 8.60. The minimum Gasteiger partial charge on any atom is -0.484 e. The summed E-state index contributed by atoms with van der Waals surface area (Å²) in [6, 6.07) is 0. The number of hydrogen-bond donors (Lipinski definition) is 0. The molecule has 0 N–H and O–H groups in total. The second kappa shape index (κ2) is 15.9. The molecule has 1 atom stereocenters. The second-order valence-electron chi connectivity index (χ2n) is 8.03. The molecule has 1 unspecified atom stereocenters. The van der Waals surface area contributed by atoms with E-state index in [4.69, 9.17) is 14.2 Å². The lowest BCUT2D eigenvalue weighted by Crippen LogP contribution is -2.33. The van der Waals surface area contributed by atoms with E-state index in [2.05, 4.69) is 38.8 Å². The summed E-state index contributed by atoms with van der Waals surface area (Å²) in [6.45, 7) is 4.25. The minimum absolute atomic E-state index is 0.0213. The summed E-state index contributed by atoms with van der Waals surface area (Å²) < 4.78 is 19.5. The molecular formula is C23H38Br2O3S. The Morgan fingerprint density at radius 2 is 1.31 bits per heavy atom. The van der Waals surface area contributed by atoms with Crippen LogP contribution in [0.3, 0.4) is 0 Å². The van der Waals surface area contributed by atoms with Crippen molar-refractivity contribution in [3.05, 3.63) is 7.57 Å². The molecule has 1 aromatic rings. The van der Waals surface area contributed by atoms with E-state index in [-0.39, 0.29) is 6.10 Å². The molecule has 6 heteroatoms. The molecule has 0 saturated heterocycles. The van der Waals surface area contributed by atoms with E-state index in [1.807, 2.05) is 0 Å². The van der Waals surface area contributed by atoms with Crippen LogP contribution in [-0.4, -0.2) is 25.9 Å². The average Bonchev–Trinajstić information content (AvgIpc) is 3.01. The third-order valence-corrected chi connectivity index (χ3v) is 7.81. The van der Waals surface area contributed by atoms with Gasteiger partial charge in [0.25, 0.3) is 0 Å². The molecule has 168 valence electrons. The van der Waals surface area contributed by atoms with Crippen LogP contribution in [0.25, 0.3) is 0 Å². The highest BCUT2D eigenvalue weighted by Crippen LogP contribution is 2.50. The molecular weight excluding hydrogens is 516 g/mol. The maximum absolute atomic E-state index is 5.99. The van der Waals surface area contributed by atoms with Gasteiger partial charge in [0, 0.05) is 6.61 Å². The summed E-state index contributed by atoms with van der Waals surface area (Å²) in [4.78, 5) is 0. The van der Waals surface area contributed by atoms with Crippen molar-refractivity contribution in [2.45, 2.75) is 103 Å². The normalized spacial score (nSPS) is 15.8. The number of thiophene rings is 1. The van der Waals surface area contributed by atoms with Gasteiger partial charge in [-0.3, -0.25) is 0 Å². The lowest BCUT2D eigenvalue weighted by atomic mass is 10.0. The number of fused-ring (bicyclic) bond motifs is 1. The Balaban J connectivity index is 1.33. The Morgan fingerprint density at radius 3 is 1.90 bits per heavy atom. The first-order valence-electron chi connectivity index (χ1n) is 11.6. The predicted molar refractivity (Wildman–Crippen MR) is 131 cm³/mol. The van der Waals surface area contributed by atoms with Crippen LogP contribution < -0.4 is 9.47 Å². The van der Waals surface area contributed by atoms with Crippen LogP contribution in [0.15, 0.2) is 7.57 Å². The molecule has 1 aromatic heterocycles. The van der Waals surface area contributed by atoms with Crippen molar-refractivity contribution >= 4 is 43.2 Å². The smallest absolute Gasteiger partial charge is 0.188 e. The fourth-order valence-electron chi connectivity index (χ4n) is 3.64. The van der Waals surface area contributed by atoms with Gasteiger partial charge in [-0.15, -0.1) is 11.3 Å². The zero-order valence-electron chi connectivity index (χ0n) is 18.0. The Hall–Kier alpha value is 0.220. The number of rotatable bonds is 17. The van der Waals surface area contributed by atoms with Gasteiger partial charge in [0.2, 0.25) is 0 Å². The molecule has 0 spiro atoms. The number of unbranched alkanes of at least 4 members (excludes halogenated alkanes) is 13. The molecule has 2 rings (SSSR count). The third kappa shape index (κ3) is 10.4. The van der Waals surface area contributed by atoms with Crippen LogP contribution in [0.1, 0.15) is 96.8 Å². The second-order valence-corrected chi connectivity index (χ2v) is 11.7. The minimum atomic E-state index is -0.0213. The molecule has 2 heterocycles. The van der Waals surface area contributed by atoms with Crippen molar-refractivity contribution in [2.75, 3.05) is 19.8 Å². The first kappa shape index (κ1) is 25.5. The molecule has 1 aliphatic heterocycles. The number of ether oxygens (including phenoxy) is 3. The fourth-order valence-corrected chi connectivity index (χ4v) is 6.47. The van der Waals surface area contributed by atoms with Gasteiger partial charge in [-0.2, -0.15) is 0 Å². The van der Waals surface area contributed by atoms with E-state index >= 15 is 0 Å². The largest absolute Gasteiger partial charge is 0.484 e. The zero-order chi connectivity index (χ0) is 20.7. The molecule has 1 aliphatic rings. The fraction of sp³-hybridized carbons (Fsp3) is 0.826. The van der Waals surface area contributed by atoms with Crippen LogP contribution in [0.4, 0.5) is 0 Å². The van der Waals surface area contributed by atoms with Gasteiger partial charge in [-0.25, -0.2) is 0 Å². The zero-order valence-corrected chi connectivity index (χ0v) is 22.0. The van der Waals surface area contributed by atoms with E-state index in [0.29, 0.717) is 13.2 Å². The highest BCUT2D eigenvalue weighted by atomic mass is 79.9. The van der Waals surface area contributed by atoms with E-state index in [1.54, 1.807) is 11.3 Å². The summed E-state index contributed by atoms with van der Waals surface area (Å²) in [6.07, 6.45) is 19.3. The standard InChI is InChI=1S/C23H38Br2O3S/c1-2-3-4-5-6-7-8-9-10-11-12-13-14-15-16-26-17-19-18-27-20-21(28-19)23(25)29-22(20)24/h19H,2-18H2,1H3. The van der Waals surface area contributed by atoms with E-state index in [0.717, 1.165) is 32.1 Å². The van der Waals surface area contributed by atoms with Crippen molar-refractivity contribution in [2.24, 2.45) is 0 Å². The molecule has 0 aromatic carbocycles. The Morgan fingerprint density at radius 1 is 0.793 bits per heavy atom. The summed E-state index contributed by atoms with van der Waals surface area (Å²) in [5.74, 6) is 1.61. The van der Waals surface area contributed by atoms with Crippen LogP contribution in [-0.2, 0) is 4.74 Å². The van der Waals surface area contributed by atoms with Crippen LogP contribution in [0, 0.1) is 0 Å². The Labute approximate surface area is 198 Å². The predicted octanol–water partition coefficient (Wildman–Crippen LogP) is 8.91. The summed E-state index contributed by atoms with van der Waals surface area (Å²) in [5, 5.41) is 0. The topological polar surface area (TPSA) is 27.7 Å². The Kier molecular flexibility index (Phi) is 14.0. The Bertz CT molecular complexity index is 550. The van der Waals surface area contributed by atoms with E-state index in [1.165, 1.54) is 83.5 Å². The van der Waals surface area contributed by atoms with Gasteiger partial charge >= 0.3 is 0 Å². The molecule has 0 radical (unpaired) electrons. The third-order valence-electron chi connectivity index (χ3n) is 5.39. The first-order valence-corrected chi connectivity index (χ1v) is 14.0. The summed E-state index contributed by atoms with van der Waals surface area (Å²) in [7, 11) is 0.